The molecule has 0 aliphatic carbocycles. The lowest BCUT2D eigenvalue weighted by Gasteiger charge is -2.37. The molecule has 0 atom stereocenters. The Morgan fingerprint density at radius 3 is 1.15 bits per heavy atom. The molecule has 4 aliphatic heterocycles. The van der Waals surface area contributed by atoms with E-state index in [0.29, 0.717) is 0 Å². The van der Waals surface area contributed by atoms with Gasteiger partial charge >= 0.3 is 0 Å². The number of aromatic nitrogens is 1. The summed E-state index contributed by atoms with van der Waals surface area (Å²) in [4.78, 5) is 4.51. The van der Waals surface area contributed by atoms with E-state index in [4.69, 9.17) is 18.9 Å². The first-order chi connectivity index (χ1) is 30.2. The Morgan fingerprint density at radius 2 is 0.656 bits per heavy atom. The maximum Gasteiger partial charge on any atom is 0.155 e. The van der Waals surface area contributed by atoms with Crippen molar-refractivity contribution in [3.05, 3.63) is 188 Å². The van der Waals surface area contributed by atoms with Crippen LogP contribution >= 0.6 is 0 Å². The Hall–Kier alpha value is -8.42. The van der Waals surface area contributed by atoms with Crippen molar-refractivity contribution in [1.29, 1.82) is 0 Å². The van der Waals surface area contributed by atoms with Crippen molar-refractivity contribution in [3.8, 4) is 73.9 Å². The average Bonchev–Trinajstić information content (AvgIpc) is 3.64. The predicted molar refractivity (Wildman–Crippen MR) is 241 cm³/mol. The van der Waals surface area contributed by atoms with E-state index >= 15 is 0 Å². The van der Waals surface area contributed by atoms with Gasteiger partial charge in [-0.2, -0.15) is 0 Å². The number of anilines is 6. The molecule has 7 nitrogen and oxygen atoms in total. The normalized spacial score (nSPS) is 13.4. The number of ether oxygens (including phenoxy) is 4. The van der Waals surface area contributed by atoms with E-state index in [1.807, 2.05) is 72.8 Å². The Morgan fingerprint density at radius 1 is 0.279 bits per heavy atom. The molecule has 0 radical (unpaired) electrons. The highest BCUT2D eigenvalue weighted by molar-refractivity contribution is 6.12. The van der Waals surface area contributed by atoms with E-state index in [0.717, 1.165) is 130 Å². The number of para-hydroxylation sites is 7. The molecule has 0 saturated carbocycles. The Balaban J connectivity index is 0.904. The van der Waals surface area contributed by atoms with Gasteiger partial charge in [0, 0.05) is 16.5 Å². The number of fused-ring (bicyclic) bond motifs is 11. The molecule has 9 aromatic carbocycles. The third kappa shape index (κ3) is 4.62. The van der Waals surface area contributed by atoms with Gasteiger partial charge in [0.2, 0.25) is 0 Å². The zero-order chi connectivity index (χ0) is 39.8. The molecule has 0 amide bonds. The van der Waals surface area contributed by atoms with Crippen molar-refractivity contribution >= 4 is 55.9 Å². The zero-order valence-electron chi connectivity index (χ0n) is 32.4. The van der Waals surface area contributed by atoms with Gasteiger partial charge in [-0.25, -0.2) is 0 Å². The predicted octanol–water partition coefficient (Wildman–Crippen LogP) is 15.5. The molecule has 0 N–H and O–H groups in total. The molecular weight excluding hydrogens is 755 g/mol. The summed E-state index contributed by atoms with van der Waals surface area (Å²) in [6.07, 6.45) is 0. The van der Waals surface area contributed by atoms with Gasteiger partial charge in [0.15, 0.2) is 46.0 Å². The van der Waals surface area contributed by atoms with Crippen molar-refractivity contribution in [3.63, 3.8) is 0 Å². The van der Waals surface area contributed by atoms with Crippen molar-refractivity contribution in [2.45, 2.75) is 0 Å². The summed E-state index contributed by atoms with van der Waals surface area (Å²) >= 11 is 0. The maximum absolute atomic E-state index is 6.64. The van der Waals surface area contributed by atoms with Crippen LogP contribution in [0.4, 0.5) is 34.1 Å². The maximum atomic E-state index is 6.64. The van der Waals surface area contributed by atoms with E-state index in [1.165, 1.54) is 0 Å². The highest BCUT2D eigenvalue weighted by Gasteiger charge is 2.36. The first kappa shape index (κ1) is 32.5. The summed E-state index contributed by atoms with van der Waals surface area (Å²) in [6.45, 7) is 0. The molecule has 0 unspecified atom stereocenters. The van der Waals surface area contributed by atoms with Crippen LogP contribution in [0.1, 0.15) is 0 Å². The van der Waals surface area contributed by atoms with Crippen LogP contribution in [0, 0.1) is 0 Å². The van der Waals surface area contributed by atoms with Gasteiger partial charge in [-0.15, -0.1) is 0 Å². The molecular formula is C54H31N3O4. The highest BCUT2D eigenvalue weighted by Crippen LogP contribution is 2.61. The lowest BCUT2D eigenvalue weighted by molar-refractivity contribution is 0.445. The van der Waals surface area contributed by atoms with Gasteiger partial charge in [-0.05, 0) is 131 Å². The summed E-state index contributed by atoms with van der Waals surface area (Å²) in [5.74, 6) is 6.31. The summed E-state index contributed by atoms with van der Waals surface area (Å²) in [6, 6.07) is 65.5. The molecule has 1 aromatic heterocycles. The summed E-state index contributed by atoms with van der Waals surface area (Å²) in [5.41, 5.74) is 13.5. The van der Waals surface area contributed by atoms with Crippen LogP contribution < -0.4 is 28.7 Å². The molecule has 0 fully saturated rings. The van der Waals surface area contributed by atoms with Crippen LogP contribution in [0.3, 0.4) is 0 Å². The van der Waals surface area contributed by atoms with Crippen molar-refractivity contribution in [2.24, 2.45) is 0 Å². The van der Waals surface area contributed by atoms with Crippen molar-refractivity contribution in [2.75, 3.05) is 9.80 Å². The second kappa shape index (κ2) is 12.1. The summed E-state index contributed by atoms with van der Waals surface area (Å²) < 4.78 is 28.3. The van der Waals surface area contributed by atoms with E-state index in [1.54, 1.807) is 0 Å². The topological polar surface area (TPSA) is 48.3 Å². The van der Waals surface area contributed by atoms with Crippen LogP contribution in [-0.2, 0) is 0 Å². The standard InChI is InChI=1S/C54H31N3O4/c1-2-10-36(11-3-1)55-39-24-20-32(34-22-26-43-51(30-34)60-49-18-8-16-47-53(49)56(43)41-12-4-6-14-45(41)58-47)28-37(39)38-29-33(21-25-40(38)55)35-23-27-44-52(31-35)61-50-19-9-17-48-54(50)57(44)42-13-5-7-15-46(42)59-48/h1-31H. The molecule has 286 valence electrons. The van der Waals surface area contributed by atoms with Crippen molar-refractivity contribution in [1.82, 2.24) is 4.57 Å². The zero-order valence-corrected chi connectivity index (χ0v) is 32.4. The Bertz CT molecular complexity index is 3310. The van der Waals surface area contributed by atoms with Gasteiger partial charge in [-0.3, -0.25) is 9.80 Å². The first-order valence-electron chi connectivity index (χ1n) is 20.4. The molecule has 0 spiro atoms. The summed E-state index contributed by atoms with van der Waals surface area (Å²) in [7, 11) is 0. The van der Waals surface area contributed by atoms with Crippen LogP contribution in [0.5, 0.6) is 46.0 Å². The van der Waals surface area contributed by atoms with Gasteiger partial charge in [-0.1, -0.05) is 78.9 Å². The third-order valence-electron chi connectivity index (χ3n) is 12.3. The monoisotopic (exact) mass is 785 g/mol. The minimum absolute atomic E-state index is 0.766. The number of hydrogen-bond donors (Lipinski definition) is 0. The quantitative estimate of drug-likeness (QED) is 0.178. The number of rotatable bonds is 3. The minimum Gasteiger partial charge on any atom is -0.453 e. The fourth-order valence-corrected chi connectivity index (χ4v) is 9.60. The highest BCUT2D eigenvalue weighted by atomic mass is 16.5. The fourth-order valence-electron chi connectivity index (χ4n) is 9.60. The van der Waals surface area contributed by atoms with Gasteiger partial charge < -0.3 is 23.5 Å². The van der Waals surface area contributed by atoms with E-state index in [-0.39, 0.29) is 0 Å². The van der Waals surface area contributed by atoms with E-state index in [9.17, 15) is 0 Å². The number of nitrogens with zero attached hydrogens (tertiary/aromatic N) is 3. The summed E-state index contributed by atoms with van der Waals surface area (Å²) in [5, 5.41) is 2.32. The molecule has 5 heterocycles. The Kier molecular flexibility index (Phi) is 6.43. The average molecular weight is 786 g/mol. The van der Waals surface area contributed by atoms with Gasteiger partial charge in [0.1, 0.15) is 11.4 Å². The Labute approximate surface area is 350 Å². The molecule has 0 saturated heterocycles. The third-order valence-corrected chi connectivity index (χ3v) is 12.3. The molecule has 61 heavy (non-hydrogen) atoms. The fraction of sp³-hybridized carbons (Fsp3) is 0. The SMILES string of the molecule is c1ccc(-n2c3ccc(-c4ccc5c(c4)Oc4cccc6c4N5c4ccccc4O6)cc3c3cc(-c4ccc5c(c4)Oc4cccc6c4N5c4ccccc4O6)ccc32)cc1. The number of benzene rings is 9. The van der Waals surface area contributed by atoms with Gasteiger partial charge in [0.05, 0.1) is 33.8 Å². The number of hydrogen-bond acceptors (Lipinski definition) is 6. The lowest BCUT2D eigenvalue weighted by atomic mass is 9.98. The lowest BCUT2D eigenvalue weighted by Crippen LogP contribution is -2.20. The van der Waals surface area contributed by atoms with Gasteiger partial charge in [0.25, 0.3) is 0 Å². The molecule has 0 bridgehead atoms. The van der Waals surface area contributed by atoms with Crippen LogP contribution in [0.15, 0.2) is 188 Å². The first-order valence-corrected chi connectivity index (χ1v) is 20.4. The van der Waals surface area contributed by atoms with E-state index < -0.39 is 0 Å². The molecule has 14 rings (SSSR count). The van der Waals surface area contributed by atoms with Crippen molar-refractivity contribution < 1.29 is 18.9 Å². The molecule has 4 aliphatic rings. The van der Waals surface area contributed by atoms with E-state index in [2.05, 4.69) is 130 Å². The molecule has 10 aromatic rings. The molecule has 7 heteroatoms. The minimum atomic E-state index is 0.766. The largest absolute Gasteiger partial charge is 0.453 e. The van der Waals surface area contributed by atoms with Crippen LogP contribution in [0.2, 0.25) is 0 Å². The van der Waals surface area contributed by atoms with Crippen LogP contribution in [0.25, 0.3) is 49.7 Å². The smallest absolute Gasteiger partial charge is 0.155 e. The second-order valence-corrected chi connectivity index (χ2v) is 15.7. The van der Waals surface area contributed by atoms with Crippen LogP contribution in [-0.4, -0.2) is 4.57 Å². The second-order valence-electron chi connectivity index (χ2n) is 15.7.